The highest BCUT2D eigenvalue weighted by atomic mass is 35.5. The van der Waals surface area contributed by atoms with Crippen LogP contribution < -0.4 is 16.6 Å². The minimum atomic E-state index is -1.28. The maximum Gasteiger partial charge on any atom is 0.261 e. The second-order valence-electron chi connectivity index (χ2n) is 7.82. The molecule has 0 atom stereocenters. The van der Waals surface area contributed by atoms with Crippen molar-refractivity contribution < 1.29 is 18.4 Å². The monoisotopic (exact) mass is 507 g/mol. The number of likely N-dealkylation sites (tertiary alicyclic amines) is 1. The molecule has 0 saturated carbocycles. The number of anilines is 1. The number of aromatic nitrogens is 2. The second-order valence-corrected chi connectivity index (χ2v) is 8.61. The fourth-order valence-corrected chi connectivity index (χ4v) is 4.50. The summed E-state index contributed by atoms with van der Waals surface area (Å²) in [7, 11) is 0. The highest BCUT2D eigenvalue weighted by Crippen LogP contribution is 2.43. The number of carbonyl (C=O) groups is 2. The predicted molar refractivity (Wildman–Crippen MR) is 124 cm³/mol. The van der Waals surface area contributed by atoms with Crippen LogP contribution in [0.1, 0.15) is 5.56 Å². The van der Waals surface area contributed by atoms with Crippen LogP contribution in [0.15, 0.2) is 48.0 Å². The summed E-state index contributed by atoms with van der Waals surface area (Å²) in [6, 6.07) is 4.84. The van der Waals surface area contributed by atoms with Crippen LogP contribution in [0.2, 0.25) is 10.0 Å². The number of hydrogen-bond acceptors (Lipinski definition) is 5. The fourth-order valence-electron chi connectivity index (χ4n) is 4.01. The van der Waals surface area contributed by atoms with Crippen LogP contribution in [0.5, 0.6) is 0 Å². The molecule has 1 fully saturated rings. The minimum absolute atomic E-state index is 0.00684. The van der Waals surface area contributed by atoms with Gasteiger partial charge in [0, 0.05) is 11.3 Å². The van der Waals surface area contributed by atoms with Gasteiger partial charge in [-0.15, -0.1) is 0 Å². The average molecular weight is 508 g/mol. The normalized spacial score (nSPS) is 14.5. The Morgan fingerprint density at radius 3 is 2.59 bits per heavy atom. The van der Waals surface area contributed by atoms with E-state index in [-0.39, 0.29) is 51.2 Å². The molecule has 34 heavy (non-hydrogen) atoms. The SMILES string of the molecule is C=CC(=O)N1CC(Nc2cc(F)c3ncn(CC(N)=O)c(=O)c3c2)(c2c(F)ccc(Cl)c2Cl)C1. The van der Waals surface area contributed by atoms with Crippen molar-refractivity contribution >= 4 is 51.6 Å². The third-order valence-electron chi connectivity index (χ3n) is 5.52. The summed E-state index contributed by atoms with van der Waals surface area (Å²) in [5.41, 5.74) is 3.06. The van der Waals surface area contributed by atoms with Gasteiger partial charge in [0.05, 0.1) is 34.8 Å². The highest BCUT2D eigenvalue weighted by molar-refractivity contribution is 6.42. The van der Waals surface area contributed by atoms with Crippen LogP contribution in [0.25, 0.3) is 10.9 Å². The number of hydrogen-bond donors (Lipinski definition) is 2. The lowest BCUT2D eigenvalue weighted by molar-refractivity contribution is -0.132. The number of nitrogens with one attached hydrogen (secondary N) is 1. The number of nitrogens with two attached hydrogens (primary N) is 1. The largest absolute Gasteiger partial charge is 0.372 e. The molecule has 1 saturated heterocycles. The molecule has 1 aromatic heterocycles. The number of nitrogens with zero attached hydrogens (tertiary/aromatic N) is 3. The summed E-state index contributed by atoms with van der Waals surface area (Å²) < 4.78 is 30.8. The average Bonchev–Trinajstić information content (AvgIpc) is 2.75. The summed E-state index contributed by atoms with van der Waals surface area (Å²) >= 11 is 12.4. The zero-order chi connectivity index (χ0) is 24.8. The number of primary amides is 1. The number of halogens is 4. The molecule has 0 unspecified atom stereocenters. The molecular formula is C22H17Cl2F2N5O3. The fraction of sp³-hybridized carbons (Fsp3) is 0.182. The molecule has 0 aliphatic carbocycles. The van der Waals surface area contributed by atoms with Gasteiger partial charge >= 0.3 is 0 Å². The van der Waals surface area contributed by atoms with Gasteiger partial charge in [-0.1, -0.05) is 29.8 Å². The first-order chi connectivity index (χ1) is 16.1. The Morgan fingerprint density at radius 1 is 1.24 bits per heavy atom. The zero-order valence-corrected chi connectivity index (χ0v) is 19.0. The summed E-state index contributed by atoms with van der Waals surface area (Å²) in [5.74, 6) is -2.67. The van der Waals surface area contributed by atoms with Gasteiger partial charge in [0.15, 0.2) is 5.82 Å². The molecule has 3 N–H and O–H groups in total. The van der Waals surface area contributed by atoms with Gasteiger partial charge < -0.3 is 16.0 Å². The van der Waals surface area contributed by atoms with Gasteiger partial charge in [-0.05, 0) is 30.3 Å². The van der Waals surface area contributed by atoms with Crippen molar-refractivity contribution in [2.75, 3.05) is 18.4 Å². The van der Waals surface area contributed by atoms with E-state index in [2.05, 4.69) is 16.9 Å². The Labute approximate surface area is 201 Å². The molecule has 2 amide bonds. The van der Waals surface area contributed by atoms with Crippen molar-refractivity contribution in [1.82, 2.24) is 14.5 Å². The van der Waals surface area contributed by atoms with Crippen LogP contribution in [-0.2, 0) is 21.7 Å². The van der Waals surface area contributed by atoms with Crippen LogP contribution in [0.4, 0.5) is 14.5 Å². The van der Waals surface area contributed by atoms with E-state index in [9.17, 15) is 23.2 Å². The van der Waals surface area contributed by atoms with E-state index in [1.165, 1.54) is 17.0 Å². The van der Waals surface area contributed by atoms with E-state index >= 15 is 0 Å². The molecule has 12 heteroatoms. The van der Waals surface area contributed by atoms with E-state index in [0.717, 1.165) is 29.1 Å². The Bertz CT molecular complexity index is 1420. The molecule has 2 aromatic carbocycles. The molecule has 4 rings (SSSR count). The molecule has 2 heterocycles. The van der Waals surface area contributed by atoms with E-state index in [1.54, 1.807) is 0 Å². The first kappa shape index (κ1) is 23.7. The second kappa shape index (κ2) is 8.69. The molecule has 0 spiro atoms. The standard InChI is InChI=1S/C22H17Cl2F2N5O3/c1-2-17(33)31-8-22(9-31,18-14(25)4-3-13(23)19(18)24)29-11-5-12-20(15(26)6-11)28-10-30(21(12)34)7-16(27)32/h2-6,10,29H,1,7-9H2,(H2,27,32). The molecule has 3 aromatic rings. The van der Waals surface area contributed by atoms with Gasteiger partial charge in [0.25, 0.3) is 5.56 Å². The number of fused-ring (bicyclic) bond motifs is 1. The van der Waals surface area contributed by atoms with E-state index in [0.29, 0.717) is 0 Å². The van der Waals surface area contributed by atoms with Crippen molar-refractivity contribution in [2.45, 2.75) is 12.1 Å². The van der Waals surface area contributed by atoms with Crippen molar-refractivity contribution in [3.05, 3.63) is 80.8 Å². The number of carbonyl (C=O) groups excluding carboxylic acids is 2. The molecule has 176 valence electrons. The lowest BCUT2D eigenvalue weighted by atomic mass is 9.81. The first-order valence-electron chi connectivity index (χ1n) is 9.87. The summed E-state index contributed by atoms with van der Waals surface area (Å²) in [6.07, 6.45) is 2.14. The molecule has 1 aliphatic heterocycles. The lowest BCUT2D eigenvalue weighted by Gasteiger charge is -2.51. The number of amides is 2. The molecular weight excluding hydrogens is 491 g/mol. The number of rotatable bonds is 6. The van der Waals surface area contributed by atoms with Crippen LogP contribution in [0.3, 0.4) is 0 Å². The number of benzene rings is 2. The summed E-state index contributed by atoms with van der Waals surface area (Å²) in [5, 5.41) is 2.93. The smallest absolute Gasteiger partial charge is 0.261 e. The minimum Gasteiger partial charge on any atom is -0.372 e. The maximum absolute atomic E-state index is 14.9. The molecule has 1 aliphatic rings. The van der Waals surface area contributed by atoms with Crippen LogP contribution in [-0.4, -0.2) is 39.4 Å². The van der Waals surface area contributed by atoms with Crippen molar-refractivity contribution in [3.63, 3.8) is 0 Å². The molecule has 8 nitrogen and oxygen atoms in total. The van der Waals surface area contributed by atoms with Gasteiger partial charge in [-0.2, -0.15) is 0 Å². The third-order valence-corrected chi connectivity index (χ3v) is 6.33. The quantitative estimate of drug-likeness (QED) is 0.393. The van der Waals surface area contributed by atoms with Crippen molar-refractivity contribution in [2.24, 2.45) is 5.73 Å². The van der Waals surface area contributed by atoms with Gasteiger partial charge in [0.2, 0.25) is 11.8 Å². The first-order valence-corrected chi connectivity index (χ1v) is 10.6. The van der Waals surface area contributed by atoms with Crippen LogP contribution in [0, 0.1) is 11.6 Å². The Balaban J connectivity index is 1.83. The topological polar surface area (TPSA) is 110 Å². The van der Waals surface area contributed by atoms with Gasteiger partial charge in [0.1, 0.15) is 23.4 Å². The van der Waals surface area contributed by atoms with Crippen LogP contribution >= 0.6 is 23.2 Å². The molecule has 0 radical (unpaired) electrons. The lowest BCUT2D eigenvalue weighted by Crippen LogP contribution is -2.65. The third kappa shape index (κ3) is 3.99. The molecule has 0 bridgehead atoms. The van der Waals surface area contributed by atoms with Crippen molar-refractivity contribution in [1.29, 1.82) is 0 Å². The predicted octanol–water partition coefficient (Wildman–Crippen LogP) is 2.80. The Kier molecular flexibility index (Phi) is 6.05. The maximum atomic E-state index is 14.9. The summed E-state index contributed by atoms with van der Waals surface area (Å²) in [4.78, 5) is 41.4. The zero-order valence-electron chi connectivity index (χ0n) is 17.4. The van der Waals surface area contributed by atoms with E-state index < -0.39 is 35.2 Å². The highest BCUT2D eigenvalue weighted by Gasteiger charge is 2.49. The Morgan fingerprint density at radius 2 is 1.94 bits per heavy atom. The van der Waals surface area contributed by atoms with Gasteiger partial charge in [-0.25, -0.2) is 13.8 Å². The van der Waals surface area contributed by atoms with Gasteiger partial charge in [-0.3, -0.25) is 19.0 Å². The van der Waals surface area contributed by atoms with Crippen molar-refractivity contribution in [3.8, 4) is 0 Å². The van der Waals surface area contributed by atoms with E-state index in [4.69, 9.17) is 28.9 Å². The summed E-state index contributed by atoms with van der Waals surface area (Å²) in [6.45, 7) is 2.94. The Hall–Kier alpha value is -3.50. The van der Waals surface area contributed by atoms with E-state index in [1.807, 2.05) is 0 Å².